The summed E-state index contributed by atoms with van der Waals surface area (Å²) >= 11 is 0. The fourth-order valence-corrected chi connectivity index (χ4v) is 2.22. The molecule has 23 heavy (non-hydrogen) atoms. The molecule has 1 aromatic heterocycles. The van der Waals surface area contributed by atoms with Crippen molar-refractivity contribution in [2.75, 3.05) is 0 Å². The maximum Gasteiger partial charge on any atom is 0.287 e. The third kappa shape index (κ3) is 3.64. The maximum absolute atomic E-state index is 12.1. The molecule has 1 heterocycles. The van der Waals surface area contributed by atoms with Gasteiger partial charge in [0, 0.05) is 6.07 Å². The Balaban J connectivity index is 2.40. The first-order chi connectivity index (χ1) is 10.7. The molecule has 6 nitrogen and oxygen atoms in total. The van der Waals surface area contributed by atoms with Crippen LogP contribution in [0, 0.1) is 21.4 Å². The lowest BCUT2D eigenvalue weighted by Crippen LogP contribution is -2.23. The number of hydrogen-bond acceptors (Lipinski definition) is 4. The third-order valence-corrected chi connectivity index (χ3v) is 3.58. The van der Waals surface area contributed by atoms with Crippen LogP contribution in [0.3, 0.4) is 0 Å². The van der Waals surface area contributed by atoms with E-state index in [1.807, 2.05) is 24.3 Å². The Morgan fingerprint density at radius 1 is 1.26 bits per heavy atom. The van der Waals surface area contributed by atoms with E-state index in [2.05, 4.69) is 20.8 Å². The van der Waals surface area contributed by atoms with Crippen LogP contribution < -0.4 is 5.56 Å². The zero-order chi connectivity index (χ0) is 17.2. The van der Waals surface area contributed by atoms with E-state index in [-0.39, 0.29) is 23.2 Å². The second kappa shape index (κ2) is 6.05. The van der Waals surface area contributed by atoms with Gasteiger partial charge < -0.3 is 4.57 Å². The quantitative estimate of drug-likeness (QED) is 0.644. The minimum atomic E-state index is -0.612. The molecule has 2 rings (SSSR count). The van der Waals surface area contributed by atoms with Gasteiger partial charge in [0.15, 0.2) is 0 Å². The average Bonchev–Trinajstić information content (AvgIpc) is 2.48. The number of benzene rings is 1. The number of aromatic nitrogens is 1. The zero-order valence-electron chi connectivity index (χ0n) is 13.2. The second-order valence-corrected chi connectivity index (χ2v) is 6.36. The Morgan fingerprint density at radius 2 is 1.87 bits per heavy atom. The van der Waals surface area contributed by atoms with Crippen LogP contribution in [0.4, 0.5) is 5.69 Å². The molecule has 0 N–H and O–H groups in total. The van der Waals surface area contributed by atoms with Crippen molar-refractivity contribution in [3.8, 4) is 6.07 Å². The Bertz CT molecular complexity index is 837. The maximum atomic E-state index is 12.1. The lowest BCUT2D eigenvalue weighted by Gasteiger charge is -2.19. The molecular formula is C17H17N3O3. The summed E-state index contributed by atoms with van der Waals surface area (Å²) in [5.41, 5.74) is 0.986. The van der Waals surface area contributed by atoms with Gasteiger partial charge in [0.05, 0.1) is 17.7 Å². The highest BCUT2D eigenvalue weighted by molar-refractivity contribution is 5.38. The number of rotatable bonds is 3. The lowest BCUT2D eigenvalue weighted by molar-refractivity contribution is -0.385. The second-order valence-electron chi connectivity index (χ2n) is 6.36. The summed E-state index contributed by atoms with van der Waals surface area (Å²) < 4.78 is 1.20. The minimum Gasteiger partial charge on any atom is -0.303 e. The Labute approximate surface area is 133 Å². The topological polar surface area (TPSA) is 88.9 Å². The highest BCUT2D eigenvalue weighted by Crippen LogP contribution is 2.22. The number of hydrogen-bond donors (Lipinski definition) is 0. The molecule has 1 aromatic carbocycles. The van der Waals surface area contributed by atoms with Gasteiger partial charge in [-0.15, -0.1) is 0 Å². The predicted octanol–water partition coefficient (Wildman–Crippen LogP) is 2.97. The van der Waals surface area contributed by atoms with Gasteiger partial charge in [-0.05, 0) is 16.5 Å². The monoisotopic (exact) mass is 311 g/mol. The van der Waals surface area contributed by atoms with E-state index in [0.717, 1.165) is 17.2 Å². The molecule has 0 saturated carbocycles. The van der Waals surface area contributed by atoms with E-state index in [1.165, 1.54) is 10.8 Å². The molecule has 0 unspecified atom stereocenters. The van der Waals surface area contributed by atoms with Gasteiger partial charge in [0.2, 0.25) is 0 Å². The van der Waals surface area contributed by atoms with Crippen molar-refractivity contribution in [1.82, 2.24) is 4.57 Å². The molecule has 6 heteroatoms. The SMILES string of the molecule is CC(C)(C)c1ccc(Cn2cc([N+](=O)[O-])cc(C#N)c2=O)cc1. The highest BCUT2D eigenvalue weighted by Gasteiger charge is 2.15. The Hall–Kier alpha value is -2.94. The summed E-state index contributed by atoms with van der Waals surface area (Å²) in [4.78, 5) is 22.4. The molecule has 0 spiro atoms. The molecular weight excluding hydrogens is 294 g/mol. The smallest absolute Gasteiger partial charge is 0.287 e. The third-order valence-electron chi connectivity index (χ3n) is 3.58. The van der Waals surface area contributed by atoms with Gasteiger partial charge in [-0.3, -0.25) is 14.9 Å². The van der Waals surface area contributed by atoms with Crippen molar-refractivity contribution in [2.24, 2.45) is 0 Å². The van der Waals surface area contributed by atoms with Crippen LogP contribution in [0.15, 0.2) is 41.3 Å². The van der Waals surface area contributed by atoms with Gasteiger partial charge in [-0.1, -0.05) is 45.0 Å². The standard InChI is InChI=1S/C17H17N3O3/c1-17(2,3)14-6-4-12(5-7-14)10-19-11-15(20(22)23)8-13(9-18)16(19)21/h4-8,11H,10H2,1-3H3. The number of nitrogens with zero attached hydrogens (tertiary/aromatic N) is 3. The molecule has 0 saturated heterocycles. The average molecular weight is 311 g/mol. The van der Waals surface area contributed by atoms with Crippen molar-refractivity contribution in [3.63, 3.8) is 0 Å². The largest absolute Gasteiger partial charge is 0.303 e. The summed E-state index contributed by atoms with van der Waals surface area (Å²) in [5, 5.41) is 19.9. The van der Waals surface area contributed by atoms with Gasteiger partial charge in [0.25, 0.3) is 11.2 Å². The van der Waals surface area contributed by atoms with Crippen molar-refractivity contribution in [2.45, 2.75) is 32.7 Å². The summed E-state index contributed by atoms with van der Waals surface area (Å²) in [6.07, 6.45) is 1.17. The number of nitro groups is 1. The molecule has 0 radical (unpaired) electrons. The molecule has 118 valence electrons. The van der Waals surface area contributed by atoms with Gasteiger partial charge in [-0.25, -0.2) is 0 Å². The molecule has 0 bridgehead atoms. The van der Waals surface area contributed by atoms with Gasteiger partial charge in [0.1, 0.15) is 11.6 Å². The normalized spacial score (nSPS) is 11.0. The van der Waals surface area contributed by atoms with Crippen molar-refractivity contribution < 1.29 is 4.92 Å². The summed E-state index contributed by atoms with van der Waals surface area (Å²) in [6.45, 7) is 6.49. The predicted molar refractivity (Wildman–Crippen MR) is 86.3 cm³/mol. The van der Waals surface area contributed by atoms with E-state index in [0.29, 0.717) is 0 Å². The molecule has 0 amide bonds. The molecule has 0 atom stereocenters. The van der Waals surface area contributed by atoms with Crippen LogP contribution in [0.1, 0.15) is 37.5 Å². The highest BCUT2D eigenvalue weighted by atomic mass is 16.6. The van der Waals surface area contributed by atoms with Crippen LogP contribution in [-0.4, -0.2) is 9.49 Å². The van der Waals surface area contributed by atoms with Crippen LogP contribution in [0.5, 0.6) is 0 Å². The van der Waals surface area contributed by atoms with Crippen molar-refractivity contribution in [1.29, 1.82) is 5.26 Å². The minimum absolute atomic E-state index is 0.0227. The molecule has 0 aliphatic carbocycles. The van der Waals surface area contributed by atoms with E-state index < -0.39 is 10.5 Å². The lowest BCUT2D eigenvalue weighted by atomic mass is 9.87. The van der Waals surface area contributed by atoms with Crippen LogP contribution in [0.25, 0.3) is 0 Å². The Kier molecular flexibility index (Phi) is 4.32. The first-order valence-corrected chi connectivity index (χ1v) is 7.11. The summed E-state index contributed by atoms with van der Waals surface area (Å²) in [5.74, 6) is 0. The van der Waals surface area contributed by atoms with E-state index in [1.54, 1.807) is 6.07 Å². The van der Waals surface area contributed by atoms with E-state index >= 15 is 0 Å². The van der Waals surface area contributed by atoms with Crippen LogP contribution in [-0.2, 0) is 12.0 Å². The van der Waals surface area contributed by atoms with Crippen LogP contribution in [0.2, 0.25) is 0 Å². The fraction of sp³-hybridized carbons (Fsp3) is 0.294. The Morgan fingerprint density at radius 3 is 2.35 bits per heavy atom. The fourth-order valence-electron chi connectivity index (χ4n) is 2.22. The van der Waals surface area contributed by atoms with Crippen molar-refractivity contribution in [3.05, 3.63) is 73.7 Å². The van der Waals surface area contributed by atoms with Crippen LogP contribution >= 0.6 is 0 Å². The van der Waals surface area contributed by atoms with Gasteiger partial charge >= 0.3 is 0 Å². The van der Waals surface area contributed by atoms with Crippen molar-refractivity contribution >= 4 is 5.69 Å². The van der Waals surface area contributed by atoms with E-state index in [4.69, 9.17) is 5.26 Å². The first kappa shape index (κ1) is 16.4. The number of nitriles is 1. The summed E-state index contributed by atoms with van der Waals surface area (Å²) in [6, 6.07) is 10.4. The zero-order valence-corrected chi connectivity index (χ0v) is 13.2. The molecule has 2 aromatic rings. The molecule has 0 aliphatic rings. The number of pyridine rings is 1. The van der Waals surface area contributed by atoms with E-state index in [9.17, 15) is 14.9 Å². The molecule has 0 aliphatic heterocycles. The molecule has 0 fully saturated rings. The van der Waals surface area contributed by atoms with Gasteiger partial charge in [-0.2, -0.15) is 5.26 Å². The first-order valence-electron chi connectivity index (χ1n) is 7.11. The summed E-state index contributed by atoms with van der Waals surface area (Å²) in [7, 11) is 0.